The third-order valence-electron chi connectivity index (χ3n) is 5.86. The van der Waals surface area contributed by atoms with Crippen LogP contribution in [-0.2, 0) is 20.7 Å². The normalized spacial score (nSPS) is 15.1. The molecule has 0 saturated carbocycles. The number of aryl methyl sites for hydroxylation is 1. The summed E-state index contributed by atoms with van der Waals surface area (Å²) in [4.78, 5) is 0.139. The third-order valence-corrected chi connectivity index (χ3v) is 7.39. The zero-order valence-electron chi connectivity index (χ0n) is 18.6. The summed E-state index contributed by atoms with van der Waals surface area (Å²) in [6.45, 7) is 1.84. The van der Waals surface area contributed by atoms with Gasteiger partial charge in [0.1, 0.15) is 18.5 Å². The van der Waals surface area contributed by atoms with Crippen LogP contribution in [0.2, 0.25) is 5.02 Å². The molecule has 0 spiro atoms. The summed E-state index contributed by atoms with van der Waals surface area (Å²) in [5.74, 6) is 0.739. The van der Waals surface area contributed by atoms with Crippen LogP contribution < -0.4 is 4.74 Å². The van der Waals surface area contributed by atoms with Crippen molar-refractivity contribution in [3.8, 4) is 28.0 Å². The van der Waals surface area contributed by atoms with Crippen LogP contribution in [0.1, 0.15) is 11.1 Å². The Morgan fingerprint density at radius 3 is 2.35 bits per heavy atom. The van der Waals surface area contributed by atoms with E-state index in [1.807, 2.05) is 49.4 Å². The van der Waals surface area contributed by atoms with Gasteiger partial charge in [0.05, 0.1) is 4.90 Å². The largest absolute Gasteiger partial charge is 0.487 e. The summed E-state index contributed by atoms with van der Waals surface area (Å²) < 4.78 is 36.9. The molecule has 0 aromatic heterocycles. The summed E-state index contributed by atoms with van der Waals surface area (Å²) in [6, 6.07) is 28.6. The Kier molecular flexibility index (Phi) is 6.17. The Bertz CT molecular complexity index is 1430. The highest BCUT2D eigenvalue weighted by Crippen LogP contribution is 2.42. The lowest BCUT2D eigenvalue weighted by Gasteiger charge is -2.14. The molecular formula is C28H23ClO4S. The van der Waals surface area contributed by atoms with Gasteiger partial charge in [-0.2, -0.15) is 8.42 Å². The van der Waals surface area contributed by atoms with Crippen molar-refractivity contribution in [1.29, 1.82) is 0 Å². The molecule has 1 unspecified atom stereocenters. The van der Waals surface area contributed by atoms with Crippen LogP contribution in [0, 0.1) is 6.92 Å². The Hall–Kier alpha value is -3.12. The predicted octanol–water partition coefficient (Wildman–Crippen LogP) is 6.69. The molecule has 1 aliphatic rings. The summed E-state index contributed by atoms with van der Waals surface area (Å²) in [5, 5.41) is 0.637. The Balaban J connectivity index is 1.44. The van der Waals surface area contributed by atoms with Crippen LogP contribution in [0.3, 0.4) is 0 Å². The second-order valence-electron chi connectivity index (χ2n) is 8.38. The van der Waals surface area contributed by atoms with E-state index in [0.29, 0.717) is 11.4 Å². The fourth-order valence-electron chi connectivity index (χ4n) is 4.13. The number of benzene rings is 4. The molecular weight excluding hydrogens is 468 g/mol. The third kappa shape index (κ3) is 4.73. The number of ether oxygens (including phenoxy) is 1. The van der Waals surface area contributed by atoms with Gasteiger partial charge in [-0.25, -0.2) is 0 Å². The van der Waals surface area contributed by atoms with E-state index < -0.39 is 16.2 Å². The fraction of sp³-hybridized carbons (Fsp3) is 0.143. The van der Waals surface area contributed by atoms with Crippen LogP contribution >= 0.6 is 11.6 Å². The van der Waals surface area contributed by atoms with E-state index in [1.165, 1.54) is 0 Å². The molecule has 0 radical (unpaired) electrons. The molecule has 0 saturated heterocycles. The van der Waals surface area contributed by atoms with Crippen LogP contribution in [0.25, 0.3) is 22.3 Å². The Morgan fingerprint density at radius 2 is 1.62 bits per heavy atom. The lowest BCUT2D eigenvalue weighted by atomic mass is 9.94. The van der Waals surface area contributed by atoms with Gasteiger partial charge in [0.2, 0.25) is 0 Å². The molecule has 4 aromatic rings. The molecule has 0 amide bonds. The molecule has 0 fully saturated rings. The van der Waals surface area contributed by atoms with E-state index >= 15 is 0 Å². The lowest BCUT2D eigenvalue weighted by Crippen LogP contribution is -2.23. The smallest absolute Gasteiger partial charge is 0.297 e. The molecule has 172 valence electrons. The van der Waals surface area contributed by atoms with Gasteiger partial charge in [-0.3, -0.25) is 4.18 Å². The van der Waals surface area contributed by atoms with Gasteiger partial charge in [-0.05, 0) is 65.6 Å². The van der Waals surface area contributed by atoms with E-state index in [2.05, 4.69) is 24.3 Å². The standard InChI is InChI=1S/C28H23ClO4S/c1-19-10-12-26(13-11-19)34(30,31)32-18-25-16-23-14-22(20-6-3-2-4-7-20)17-27(28(23)33-25)21-8-5-9-24(29)15-21/h2-15,17,25H,16,18H2,1H3. The molecule has 0 aliphatic carbocycles. The monoisotopic (exact) mass is 490 g/mol. The number of rotatable bonds is 6. The van der Waals surface area contributed by atoms with Crippen LogP contribution in [0.4, 0.5) is 0 Å². The van der Waals surface area contributed by atoms with Crippen molar-refractivity contribution in [2.75, 3.05) is 6.61 Å². The summed E-state index contributed by atoms with van der Waals surface area (Å²) in [6.07, 6.45) is 0.131. The van der Waals surface area contributed by atoms with Gasteiger partial charge in [-0.15, -0.1) is 0 Å². The van der Waals surface area contributed by atoms with Crippen LogP contribution in [0.5, 0.6) is 5.75 Å². The molecule has 0 bridgehead atoms. The van der Waals surface area contributed by atoms with E-state index in [1.54, 1.807) is 24.3 Å². The highest BCUT2D eigenvalue weighted by atomic mass is 35.5. The zero-order chi connectivity index (χ0) is 23.7. The highest BCUT2D eigenvalue weighted by Gasteiger charge is 2.29. The summed E-state index contributed by atoms with van der Waals surface area (Å²) >= 11 is 6.27. The first-order valence-electron chi connectivity index (χ1n) is 11.0. The minimum absolute atomic E-state index is 0.0689. The first-order valence-corrected chi connectivity index (χ1v) is 12.8. The Labute approximate surface area is 204 Å². The van der Waals surface area contributed by atoms with E-state index in [4.69, 9.17) is 20.5 Å². The molecule has 34 heavy (non-hydrogen) atoms. The zero-order valence-corrected chi connectivity index (χ0v) is 20.1. The molecule has 4 nitrogen and oxygen atoms in total. The summed E-state index contributed by atoms with van der Waals surface area (Å²) in [7, 11) is -3.87. The molecule has 1 heterocycles. The van der Waals surface area contributed by atoms with Crippen molar-refractivity contribution < 1.29 is 17.3 Å². The van der Waals surface area contributed by atoms with Crippen molar-refractivity contribution in [2.45, 2.75) is 24.3 Å². The van der Waals surface area contributed by atoms with Gasteiger partial charge < -0.3 is 4.74 Å². The predicted molar refractivity (Wildman–Crippen MR) is 135 cm³/mol. The number of halogens is 1. The van der Waals surface area contributed by atoms with Gasteiger partial charge in [0.15, 0.2) is 0 Å². The van der Waals surface area contributed by atoms with Crippen molar-refractivity contribution in [3.63, 3.8) is 0 Å². The van der Waals surface area contributed by atoms with Crippen molar-refractivity contribution >= 4 is 21.7 Å². The second-order valence-corrected chi connectivity index (χ2v) is 10.4. The molecule has 5 rings (SSSR count). The van der Waals surface area contributed by atoms with Crippen molar-refractivity contribution in [2.24, 2.45) is 0 Å². The van der Waals surface area contributed by atoms with E-state index in [0.717, 1.165) is 39.1 Å². The van der Waals surface area contributed by atoms with Crippen LogP contribution in [0.15, 0.2) is 95.9 Å². The highest BCUT2D eigenvalue weighted by molar-refractivity contribution is 7.86. The topological polar surface area (TPSA) is 52.6 Å². The quantitative estimate of drug-likeness (QED) is 0.282. The van der Waals surface area contributed by atoms with Crippen molar-refractivity contribution in [1.82, 2.24) is 0 Å². The minimum atomic E-state index is -3.87. The second kappa shape index (κ2) is 9.26. The number of hydrogen-bond acceptors (Lipinski definition) is 4. The molecule has 1 atom stereocenters. The number of fused-ring (bicyclic) bond motifs is 1. The SMILES string of the molecule is Cc1ccc(S(=O)(=O)OCC2Cc3cc(-c4ccccc4)cc(-c4cccc(Cl)c4)c3O2)cc1. The molecule has 1 aliphatic heterocycles. The van der Waals surface area contributed by atoms with E-state index in [9.17, 15) is 8.42 Å². The van der Waals surface area contributed by atoms with Gasteiger partial charge >= 0.3 is 0 Å². The van der Waals surface area contributed by atoms with Gasteiger partial charge in [0, 0.05) is 17.0 Å². The maximum absolute atomic E-state index is 12.6. The maximum atomic E-state index is 12.6. The molecule has 6 heteroatoms. The lowest BCUT2D eigenvalue weighted by molar-refractivity contribution is 0.152. The average Bonchev–Trinajstić information content (AvgIpc) is 3.26. The molecule has 4 aromatic carbocycles. The Morgan fingerprint density at radius 1 is 0.882 bits per heavy atom. The number of hydrogen-bond donors (Lipinski definition) is 0. The first kappa shape index (κ1) is 22.7. The van der Waals surface area contributed by atoms with Gasteiger partial charge in [-0.1, -0.05) is 71.8 Å². The first-order chi connectivity index (χ1) is 16.4. The van der Waals surface area contributed by atoms with Crippen molar-refractivity contribution in [3.05, 3.63) is 107 Å². The van der Waals surface area contributed by atoms with Crippen LogP contribution in [-0.4, -0.2) is 21.1 Å². The summed E-state index contributed by atoms with van der Waals surface area (Å²) in [5.41, 5.74) is 6.01. The average molecular weight is 491 g/mol. The van der Waals surface area contributed by atoms with Gasteiger partial charge in [0.25, 0.3) is 10.1 Å². The molecule has 0 N–H and O–H groups in total. The minimum Gasteiger partial charge on any atom is -0.487 e. The fourth-order valence-corrected chi connectivity index (χ4v) is 5.26. The van der Waals surface area contributed by atoms with E-state index in [-0.39, 0.29) is 11.5 Å². The maximum Gasteiger partial charge on any atom is 0.297 e.